The lowest BCUT2D eigenvalue weighted by atomic mass is 10.0. The number of carbonyl (C=O) groups excluding carboxylic acids is 3. The highest BCUT2D eigenvalue weighted by Gasteiger charge is 2.16. The lowest BCUT2D eigenvalue weighted by molar-refractivity contribution is -0.114. The summed E-state index contributed by atoms with van der Waals surface area (Å²) < 4.78 is 13.3. The zero-order valence-corrected chi connectivity index (χ0v) is 27.6. The second-order valence-electron chi connectivity index (χ2n) is 10.7. The molecule has 0 bridgehead atoms. The summed E-state index contributed by atoms with van der Waals surface area (Å²) in [5.74, 6) is -1.38. The third-order valence-corrected chi connectivity index (χ3v) is 8.96. The van der Waals surface area contributed by atoms with Gasteiger partial charge < -0.3 is 16.0 Å². The van der Waals surface area contributed by atoms with Crippen LogP contribution in [-0.2, 0) is 9.59 Å². The van der Waals surface area contributed by atoms with E-state index in [0.717, 1.165) is 27.1 Å². The highest BCUT2D eigenvalue weighted by molar-refractivity contribution is 8.00. The Morgan fingerprint density at radius 1 is 0.735 bits per heavy atom. The lowest BCUT2D eigenvalue weighted by Gasteiger charge is -2.12. The molecule has 0 aliphatic carbocycles. The molecule has 0 saturated carbocycles. The summed E-state index contributed by atoms with van der Waals surface area (Å²) in [6.45, 7) is 0. The maximum Gasteiger partial charge on any atom is 0.272 e. The first-order chi connectivity index (χ1) is 23.9. The van der Waals surface area contributed by atoms with E-state index in [4.69, 9.17) is 0 Å². The minimum absolute atomic E-state index is 0.0715. The molecule has 3 amide bonds. The number of benzene rings is 5. The van der Waals surface area contributed by atoms with Crippen LogP contribution in [0.15, 0.2) is 149 Å². The van der Waals surface area contributed by atoms with Crippen molar-refractivity contribution in [2.75, 3.05) is 16.4 Å². The molecule has 49 heavy (non-hydrogen) atoms. The molecule has 0 fully saturated rings. The summed E-state index contributed by atoms with van der Waals surface area (Å²) in [7, 11) is 0. The van der Waals surface area contributed by atoms with Crippen LogP contribution in [0.4, 0.5) is 15.2 Å². The number of rotatable bonds is 11. The van der Waals surface area contributed by atoms with Crippen LogP contribution in [0, 0.1) is 5.82 Å². The molecule has 10 heteroatoms. The largest absolute Gasteiger partial charge is 0.321 e. The van der Waals surface area contributed by atoms with Crippen LogP contribution in [-0.4, -0.2) is 28.5 Å². The number of thiazole rings is 1. The van der Waals surface area contributed by atoms with Gasteiger partial charge in [-0.05, 0) is 77.4 Å². The third kappa shape index (κ3) is 9.16. The number of anilines is 2. The Hall–Kier alpha value is -5.84. The molecule has 242 valence electrons. The normalized spacial score (nSPS) is 11.1. The van der Waals surface area contributed by atoms with Crippen molar-refractivity contribution in [3.8, 4) is 22.4 Å². The molecule has 5 aromatic carbocycles. The molecule has 3 N–H and O–H groups in total. The Balaban J connectivity index is 1.11. The van der Waals surface area contributed by atoms with Gasteiger partial charge in [0.1, 0.15) is 11.5 Å². The summed E-state index contributed by atoms with van der Waals surface area (Å²) in [4.78, 5) is 44.5. The molecule has 0 spiro atoms. The van der Waals surface area contributed by atoms with Crippen LogP contribution >= 0.6 is 23.1 Å². The van der Waals surface area contributed by atoms with Crippen molar-refractivity contribution in [1.29, 1.82) is 0 Å². The summed E-state index contributed by atoms with van der Waals surface area (Å²) >= 11 is 2.58. The van der Waals surface area contributed by atoms with E-state index in [1.165, 1.54) is 35.2 Å². The monoisotopic (exact) mass is 684 g/mol. The topological polar surface area (TPSA) is 100 Å². The molecule has 6 aromatic rings. The van der Waals surface area contributed by atoms with E-state index >= 15 is 0 Å². The zero-order valence-electron chi connectivity index (χ0n) is 25.9. The number of hydrogen-bond acceptors (Lipinski definition) is 6. The summed E-state index contributed by atoms with van der Waals surface area (Å²) in [5, 5.41) is 10.7. The van der Waals surface area contributed by atoms with Crippen LogP contribution in [0.5, 0.6) is 0 Å². The highest BCUT2D eigenvalue weighted by atomic mass is 32.2. The first-order valence-electron chi connectivity index (χ1n) is 15.2. The molecule has 0 aliphatic rings. The first-order valence-corrected chi connectivity index (χ1v) is 17.1. The van der Waals surface area contributed by atoms with E-state index in [-0.39, 0.29) is 23.2 Å². The second-order valence-corrected chi connectivity index (χ2v) is 12.6. The van der Waals surface area contributed by atoms with E-state index in [0.29, 0.717) is 22.1 Å². The van der Waals surface area contributed by atoms with E-state index in [2.05, 4.69) is 20.9 Å². The van der Waals surface area contributed by atoms with Gasteiger partial charge in [-0.1, -0.05) is 78.9 Å². The van der Waals surface area contributed by atoms with E-state index < -0.39 is 11.8 Å². The van der Waals surface area contributed by atoms with Crippen LogP contribution in [0.1, 0.15) is 15.9 Å². The number of nitrogens with one attached hydrogen (secondary N) is 3. The van der Waals surface area contributed by atoms with Crippen LogP contribution in [0.2, 0.25) is 0 Å². The van der Waals surface area contributed by atoms with E-state index in [1.807, 2.05) is 66.7 Å². The van der Waals surface area contributed by atoms with E-state index in [1.54, 1.807) is 66.1 Å². The Labute approximate surface area is 290 Å². The van der Waals surface area contributed by atoms with Gasteiger partial charge in [-0.3, -0.25) is 14.4 Å². The second kappa shape index (κ2) is 15.8. The Kier molecular flexibility index (Phi) is 10.7. The van der Waals surface area contributed by atoms with Crippen molar-refractivity contribution in [2.24, 2.45) is 0 Å². The SMILES string of the molecule is O=C(CSc1cccc(NC(=O)/C(=C\c2ccc(-c3ccccc3)cc2)NC(=O)c2ccccc2)c1)Nc1nc(-c2ccc(F)cc2)cs1. The van der Waals surface area contributed by atoms with Crippen LogP contribution in [0.25, 0.3) is 28.5 Å². The van der Waals surface area contributed by atoms with Gasteiger partial charge in [0.25, 0.3) is 11.8 Å². The van der Waals surface area contributed by atoms with Gasteiger partial charge in [0.15, 0.2) is 5.13 Å². The summed E-state index contributed by atoms with van der Waals surface area (Å²) in [6, 6.07) is 39.5. The van der Waals surface area contributed by atoms with Gasteiger partial charge >= 0.3 is 0 Å². The Morgan fingerprint density at radius 3 is 2.14 bits per heavy atom. The molecule has 0 atom stereocenters. The molecule has 0 radical (unpaired) electrons. The number of amides is 3. The molecule has 7 nitrogen and oxygen atoms in total. The molecule has 6 rings (SSSR count). The molecular weight excluding hydrogens is 656 g/mol. The fourth-order valence-corrected chi connectivity index (χ4v) is 6.25. The zero-order chi connectivity index (χ0) is 34.0. The maximum absolute atomic E-state index is 13.6. The number of thioether (sulfide) groups is 1. The molecule has 1 aromatic heterocycles. The fourth-order valence-electron chi connectivity index (χ4n) is 4.76. The predicted molar refractivity (Wildman–Crippen MR) is 196 cm³/mol. The van der Waals surface area contributed by atoms with Crippen molar-refractivity contribution in [1.82, 2.24) is 10.3 Å². The molecule has 1 heterocycles. The number of aromatic nitrogens is 1. The average molecular weight is 685 g/mol. The number of hydrogen-bond donors (Lipinski definition) is 3. The van der Waals surface area contributed by atoms with Crippen molar-refractivity contribution >= 4 is 57.7 Å². The van der Waals surface area contributed by atoms with Gasteiger partial charge in [0, 0.05) is 27.1 Å². The van der Waals surface area contributed by atoms with Gasteiger partial charge in [0.2, 0.25) is 5.91 Å². The predicted octanol–water partition coefficient (Wildman–Crippen LogP) is 8.76. The summed E-state index contributed by atoms with van der Waals surface area (Å²) in [6.07, 6.45) is 1.63. The Bertz CT molecular complexity index is 2100. The third-order valence-electron chi connectivity index (χ3n) is 7.21. The smallest absolute Gasteiger partial charge is 0.272 e. The number of carbonyl (C=O) groups is 3. The molecule has 0 unspecified atom stereocenters. The van der Waals surface area contributed by atoms with Crippen molar-refractivity contribution in [2.45, 2.75) is 4.90 Å². The average Bonchev–Trinajstić information content (AvgIpc) is 3.60. The minimum Gasteiger partial charge on any atom is -0.321 e. The standard InChI is InChI=1S/C39H29FN4O3S2/c40-31-20-18-29(19-21-31)35-24-49-39(43-35)44-36(45)25-48-33-13-7-12-32(23-33)41-38(47)34(42-37(46)30-10-5-2-6-11-30)22-26-14-16-28(17-15-26)27-8-3-1-4-9-27/h1-24H,25H2,(H,41,47)(H,42,46)(H,43,44,45)/b34-22+. The number of nitrogens with zero attached hydrogens (tertiary/aromatic N) is 1. The summed E-state index contributed by atoms with van der Waals surface area (Å²) in [5.41, 5.74) is 5.23. The van der Waals surface area contributed by atoms with Crippen molar-refractivity contribution in [3.63, 3.8) is 0 Å². The fraction of sp³-hybridized carbons (Fsp3) is 0.0256. The van der Waals surface area contributed by atoms with Crippen LogP contribution < -0.4 is 16.0 Å². The number of halogens is 1. The van der Waals surface area contributed by atoms with E-state index in [9.17, 15) is 18.8 Å². The first kappa shape index (κ1) is 33.1. The minimum atomic E-state index is -0.503. The van der Waals surface area contributed by atoms with Gasteiger partial charge in [-0.2, -0.15) is 0 Å². The quantitative estimate of drug-likeness (QED) is 0.0936. The Morgan fingerprint density at radius 2 is 1.41 bits per heavy atom. The van der Waals surface area contributed by atoms with Crippen molar-refractivity contribution in [3.05, 3.63) is 161 Å². The van der Waals surface area contributed by atoms with Crippen molar-refractivity contribution < 1.29 is 18.8 Å². The molecule has 0 saturated heterocycles. The maximum atomic E-state index is 13.6. The lowest BCUT2D eigenvalue weighted by Crippen LogP contribution is -2.30. The molecular formula is C39H29FN4O3S2. The van der Waals surface area contributed by atoms with Gasteiger partial charge in [0.05, 0.1) is 11.4 Å². The highest BCUT2D eigenvalue weighted by Crippen LogP contribution is 2.27. The van der Waals surface area contributed by atoms with Gasteiger partial charge in [-0.25, -0.2) is 9.37 Å². The van der Waals surface area contributed by atoms with Gasteiger partial charge in [-0.15, -0.1) is 23.1 Å². The van der Waals surface area contributed by atoms with Crippen LogP contribution in [0.3, 0.4) is 0 Å². The molecule has 0 aliphatic heterocycles.